The molecule has 31 heavy (non-hydrogen) atoms. The van der Waals surface area contributed by atoms with Gasteiger partial charge in [-0.25, -0.2) is 22.2 Å². The van der Waals surface area contributed by atoms with Gasteiger partial charge in [-0.1, -0.05) is 30.3 Å². The molecule has 1 aliphatic rings. The summed E-state index contributed by atoms with van der Waals surface area (Å²) in [4.78, 5) is 5.01. The average molecular weight is 465 g/mol. The van der Waals surface area contributed by atoms with Crippen LogP contribution >= 0.6 is 11.3 Å². The molecule has 0 amide bonds. The number of aromatic nitrogens is 1. The summed E-state index contributed by atoms with van der Waals surface area (Å²) in [5.74, 6) is -2.25. The van der Waals surface area contributed by atoms with E-state index >= 15 is 0 Å². The van der Waals surface area contributed by atoms with Crippen molar-refractivity contribution >= 4 is 32.9 Å². The first-order valence-corrected chi connectivity index (χ1v) is 12.0. The molecular weight excluding hydrogens is 442 g/mol. The lowest BCUT2D eigenvalue weighted by Gasteiger charge is -2.49. The predicted octanol–water partition coefficient (Wildman–Crippen LogP) is 4.22. The Bertz CT molecular complexity index is 1180. The SMILES string of the molecule is Cc1c(NC2(C)CN(Cc3ccccc3)C2)cc(F)c(S(=O)(=O)Nc2cscn2)c1F. The topological polar surface area (TPSA) is 74.3 Å². The lowest BCUT2D eigenvalue weighted by atomic mass is 9.90. The molecule has 2 N–H and O–H groups in total. The number of rotatable bonds is 7. The first-order chi connectivity index (χ1) is 14.7. The van der Waals surface area contributed by atoms with Gasteiger partial charge in [-0.3, -0.25) is 9.62 Å². The van der Waals surface area contributed by atoms with Crippen LogP contribution in [0.2, 0.25) is 0 Å². The van der Waals surface area contributed by atoms with E-state index in [1.165, 1.54) is 34.7 Å². The van der Waals surface area contributed by atoms with Crippen LogP contribution in [0.15, 0.2) is 52.2 Å². The van der Waals surface area contributed by atoms with Crippen LogP contribution in [-0.2, 0) is 16.6 Å². The van der Waals surface area contributed by atoms with Crippen molar-refractivity contribution in [3.05, 3.63) is 70.1 Å². The molecule has 0 spiro atoms. The number of halogens is 2. The molecule has 2 aromatic carbocycles. The zero-order chi connectivity index (χ0) is 22.2. The fraction of sp³-hybridized carbons (Fsp3) is 0.286. The van der Waals surface area contributed by atoms with Crippen molar-refractivity contribution in [2.45, 2.75) is 30.8 Å². The lowest BCUT2D eigenvalue weighted by molar-refractivity contribution is 0.0905. The molecule has 1 aromatic heterocycles. The van der Waals surface area contributed by atoms with Gasteiger partial charge in [-0.05, 0) is 25.5 Å². The minimum Gasteiger partial charge on any atom is -0.377 e. The average Bonchev–Trinajstić information content (AvgIpc) is 3.17. The van der Waals surface area contributed by atoms with Crippen LogP contribution in [0.1, 0.15) is 18.1 Å². The quantitative estimate of drug-likeness (QED) is 0.548. The maximum atomic E-state index is 15.0. The number of nitrogens with zero attached hydrogens (tertiary/aromatic N) is 2. The first-order valence-electron chi connectivity index (χ1n) is 9.61. The predicted molar refractivity (Wildman–Crippen MR) is 118 cm³/mol. The van der Waals surface area contributed by atoms with Crippen molar-refractivity contribution in [2.75, 3.05) is 23.1 Å². The Hall–Kier alpha value is -2.56. The third-order valence-corrected chi connectivity index (χ3v) is 7.17. The molecule has 1 aliphatic heterocycles. The number of hydrogen-bond donors (Lipinski definition) is 2. The smallest absolute Gasteiger partial charge is 0.268 e. The molecule has 1 fully saturated rings. The van der Waals surface area contributed by atoms with Crippen LogP contribution in [-0.4, -0.2) is 36.9 Å². The standard InChI is InChI=1S/C21H22F2N4O2S2/c1-14-17(25-21(2)11-27(12-21)9-15-6-4-3-5-7-15)8-16(22)20(19(14)23)31(28,29)26-18-10-30-13-24-18/h3-8,10,13,25-26H,9,11-12H2,1-2H3. The van der Waals surface area contributed by atoms with Gasteiger partial charge in [-0.15, -0.1) is 11.3 Å². The van der Waals surface area contributed by atoms with Crippen LogP contribution in [0, 0.1) is 18.6 Å². The molecule has 0 aliphatic carbocycles. The highest BCUT2D eigenvalue weighted by atomic mass is 32.2. The van der Waals surface area contributed by atoms with E-state index in [4.69, 9.17) is 0 Å². The van der Waals surface area contributed by atoms with Crippen LogP contribution < -0.4 is 10.0 Å². The molecule has 0 bridgehead atoms. The van der Waals surface area contributed by atoms with E-state index in [0.29, 0.717) is 13.1 Å². The summed E-state index contributed by atoms with van der Waals surface area (Å²) in [6.07, 6.45) is 0. The van der Waals surface area contributed by atoms with Gasteiger partial charge in [0.25, 0.3) is 10.0 Å². The summed E-state index contributed by atoms with van der Waals surface area (Å²) in [5.41, 5.74) is 2.52. The van der Waals surface area contributed by atoms with Gasteiger partial charge in [0.05, 0.1) is 11.0 Å². The Morgan fingerprint density at radius 2 is 1.94 bits per heavy atom. The fourth-order valence-electron chi connectivity index (χ4n) is 3.82. The van der Waals surface area contributed by atoms with Gasteiger partial charge in [0.2, 0.25) is 0 Å². The molecule has 0 radical (unpaired) electrons. The summed E-state index contributed by atoms with van der Waals surface area (Å²) >= 11 is 1.17. The normalized spacial score (nSPS) is 16.0. The summed E-state index contributed by atoms with van der Waals surface area (Å²) in [6.45, 7) is 5.58. The summed E-state index contributed by atoms with van der Waals surface area (Å²) in [7, 11) is -4.45. The van der Waals surface area contributed by atoms with Crippen molar-refractivity contribution in [3.63, 3.8) is 0 Å². The molecule has 3 aromatic rings. The van der Waals surface area contributed by atoms with E-state index in [2.05, 4.69) is 32.1 Å². The second kappa shape index (κ2) is 8.18. The van der Waals surface area contributed by atoms with Crippen LogP contribution in [0.25, 0.3) is 0 Å². The van der Waals surface area contributed by atoms with E-state index in [0.717, 1.165) is 12.6 Å². The molecule has 0 atom stereocenters. The highest BCUT2D eigenvalue weighted by molar-refractivity contribution is 7.92. The third kappa shape index (κ3) is 4.56. The number of benzene rings is 2. The van der Waals surface area contributed by atoms with E-state index in [-0.39, 0.29) is 22.6 Å². The zero-order valence-electron chi connectivity index (χ0n) is 17.0. The van der Waals surface area contributed by atoms with Crippen LogP contribution in [0.4, 0.5) is 20.3 Å². The number of anilines is 2. The monoisotopic (exact) mass is 464 g/mol. The Balaban J connectivity index is 1.50. The molecule has 1 saturated heterocycles. The van der Waals surface area contributed by atoms with Gasteiger partial charge >= 0.3 is 0 Å². The molecular formula is C21H22F2N4O2S2. The highest BCUT2D eigenvalue weighted by Crippen LogP contribution is 2.33. The summed E-state index contributed by atoms with van der Waals surface area (Å²) < 4.78 is 56.9. The summed E-state index contributed by atoms with van der Waals surface area (Å²) in [5, 5.41) is 4.64. The minimum absolute atomic E-state index is 0.0177. The maximum absolute atomic E-state index is 15.0. The number of likely N-dealkylation sites (tertiary alicyclic amines) is 1. The second-order valence-electron chi connectivity index (χ2n) is 7.97. The molecule has 0 saturated carbocycles. The zero-order valence-corrected chi connectivity index (χ0v) is 18.7. The Morgan fingerprint density at radius 3 is 2.58 bits per heavy atom. The Kier molecular flexibility index (Phi) is 5.71. The van der Waals surface area contributed by atoms with Crippen molar-refractivity contribution in [1.29, 1.82) is 0 Å². The van der Waals surface area contributed by atoms with E-state index < -0.39 is 26.6 Å². The minimum atomic E-state index is -4.45. The maximum Gasteiger partial charge on any atom is 0.268 e. The molecule has 10 heteroatoms. The molecule has 2 heterocycles. The van der Waals surface area contributed by atoms with Crippen molar-refractivity contribution in [2.24, 2.45) is 0 Å². The van der Waals surface area contributed by atoms with Gasteiger partial charge in [0.15, 0.2) is 16.5 Å². The number of thiazole rings is 1. The third-order valence-electron chi connectivity index (χ3n) is 5.19. The number of hydrogen-bond acceptors (Lipinski definition) is 6. The van der Waals surface area contributed by atoms with Gasteiger partial charge in [-0.2, -0.15) is 0 Å². The van der Waals surface area contributed by atoms with Crippen LogP contribution in [0.5, 0.6) is 0 Å². The molecule has 0 unspecified atom stereocenters. The van der Waals surface area contributed by atoms with Crippen molar-refractivity contribution in [1.82, 2.24) is 9.88 Å². The van der Waals surface area contributed by atoms with Gasteiger partial charge in [0.1, 0.15) is 5.82 Å². The largest absolute Gasteiger partial charge is 0.377 e. The van der Waals surface area contributed by atoms with Crippen LogP contribution in [0.3, 0.4) is 0 Å². The van der Waals surface area contributed by atoms with E-state index in [9.17, 15) is 17.2 Å². The Morgan fingerprint density at radius 1 is 1.23 bits per heavy atom. The van der Waals surface area contributed by atoms with E-state index in [1.54, 1.807) is 0 Å². The molecule has 6 nitrogen and oxygen atoms in total. The molecule has 4 rings (SSSR count). The second-order valence-corrected chi connectivity index (χ2v) is 10.3. The highest BCUT2D eigenvalue weighted by Gasteiger charge is 2.39. The fourth-order valence-corrected chi connectivity index (χ4v) is 5.57. The first kappa shape index (κ1) is 21.7. The Labute approximate surface area is 184 Å². The van der Waals surface area contributed by atoms with E-state index in [1.807, 2.05) is 25.1 Å². The summed E-state index contributed by atoms with van der Waals surface area (Å²) in [6, 6.07) is 11.1. The van der Waals surface area contributed by atoms with Crippen molar-refractivity contribution < 1.29 is 17.2 Å². The molecule has 164 valence electrons. The lowest BCUT2D eigenvalue weighted by Crippen LogP contribution is -2.63. The number of nitrogens with one attached hydrogen (secondary N) is 2. The van der Waals surface area contributed by atoms with Gasteiger partial charge < -0.3 is 5.32 Å². The van der Waals surface area contributed by atoms with Gasteiger partial charge in [0, 0.05) is 36.3 Å². The van der Waals surface area contributed by atoms with Crippen molar-refractivity contribution in [3.8, 4) is 0 Å². The number of sulfonamides is 1.